The molecule has 1 aliphatic rings. The molecule has 3 aromatic rings. The third-order valence-electron chi connectivity index (χ3n) is 5.99. The van der Waals surface area contributed by atoms with E-state index < -0.39 is 34.8 Å². The first kappa shape index (κ1) is 24.6. The van der Waals surface area contributed by atoms with Crippen LogP contribution in [0.1, 0.15) is 31.7 Å². The lowest BCUT2D eigenvalue weighted by Gasteiger charge is -2.23. The molecular weight excluding hydrogens is 467 g/mol. The van der Waals surface area contributed by atoms with Crippen molar-refractivity contribution in [2.24, 2.45) is 5.92 Å². The predicted molar refractivity (Wildman–Crippen MR) is 122 cm³/mol. The Kier molecular flexibility index (Phi) is 7.28. The van der Waals surface area contributed by atoms with Crippen molar-refractivity contribution in [3.8, 4) is 28.4 Å². The van der Waals surface area contributed by atoms with Crippen molar-refractivity contribution >= 4 is 5.57 Å². The summed E-state index contributed by atoms with van der Waals surface area (Å²) in [5.74, 6) is -6.29. The van der Waals surface area contributed by atoms with Crippen molar-refractivity contribution in [1.82, 2.24) is 0 Å². The topological polar surface area (TPSA) is 38.7 Å². The van der Waals surface area contributed by atoms with Crippen LogP contribution in [0.15, 0.2) is 48.5 Å². The molecule has 8 heteroatoms. The molecule has 0 bridgehead atoms. The zero-order valence-electron chi connectivity index (χ0n) is 18.9. The highest BCUT2D eigenvalue weighted by molar-refractivity contribution is 5.68. The first-order chi connectivity index (χ1) is 16.8. The van der Waals surface area contributed by atoms with E-state index in [0.29, 0.717) is 24.8 Å². The Morgan fingerprint density at radius 2 is 1.54 bits per heavy atom. The average molecular weight is 490 g/mol. The van der Waals surface area contributed by atoms with Gasteiger partial charge >= 0.3 is 0 Å². The van der Waals surface area contributed by atoms with Gasteiger partial charge in [-0.1, -0.05) is 12.1 Å². The van der Waals surface area contributed by atoms with Gasteiger partial charge in [0.25, 0.3) is 0 Å². The first-order valence-electron chi connectivity index (χ1n) is 11.2. The van der Waals surface area contributed by atoms with Gasteiger partial charge in [0, 0.05) is 11.1 Å². The van der Waals surface area contributed by atoms with Gasteiger partial charge in [-0.05, 0) is 79.6 Å². The fraction of sp³-hybridized carbons (Fsp3) is 0.259. The molecule has 1 N–H and O–H groups in total. The van der Waals surface area contributed by atoms with Crippen molar-refractivity contribution in [2.45, 2.75) is 26.2 Å². The van der Waals surface area contributed by atoms with Gasteiger partial charge < -0.3 is 14.6 Å². The van der Waals surface area contributed by atoms with E-state index in [1.165, 1.54) is 30.3 Å². The second-order valence-electron chi connectivity index (χ2n) is 8.26. The van der Waals surface area contributed by atoms with Crippen LogP contribution in [0, 0.1) is 35.0 Å². The zero-order chi connectivity index (χ0) is 25.1. The maximum atomic E-state index is 14.6. The van der Waals surface area contributed by atoms with Gasteiger partial charge in [0.2, 0.25) is 11.6 Å². The summed E-state index contributed by atoms with van der Waals surface area (Å²) >= 11 is 0. The summed E-state index contributed by atoms with van der Waals surface area (Å²) in [7, 11) is 0. The Morgan fingerprint density at radius 3 is 2.23 bits per heavy atom. The Balaban J connectivity index is 1.41. The quantitative estimate of drug-likeness (QED) is 0.351. The maximum absolute atomic E-state index is 14.6. The SMILES string of the molecule is CCOc1ccc(-c2ccc(OCC3CC=C(c4ccc(O)c(F)c4F)CC3)c(F)c2)c(F)c1F. The summed E-state index contributed by atoms with van der Waals surface area (Å²) in [6.07, 6.45) is 3.39. The van der Waals surface area contributed by atoms with E-state index in [1.54, 1.807) is 13.0 Å². The molecule has 0 radical (unpaired) electrons. The molecule has 1 aliphatic carbocycles. The molecule has 0 spiro atoms. The first-order valence-corrected chi connectivity index (χ1v) is 11.2. The fourth-order valence-corrected chi connectivity index (χ4v) is 4.09. The van der Waals surface area contributed by atoms with Crippen LogP contribution in [-0.4, -0.2) is 18.3 Å². The molecule has 1 atom stereocenters. The molecule has 0 saturated heterocycles. The second kappa shape index (κ2) is 10.4. The fourth-order valence-electron chi connectivity index (χ4n) is 4.09. The van der Waals surface area contributed by atoms with E-state index in [4.69, 9.17) is 9.47 Å². The normalized spacial score (nSPS) is 15.6. The van der Waals surface area contributed by atoms with Crippen LogP contribution in [0.4, 0.5) is 22.0 Å². The average Bonchev–Trinajstić information content (AvgIpc) is 2.85. The third kappa shape index (κ3) is 5.11. The number of rotatable bonds is 7. The van der Waals surface area contributed by atoms with Gasteiger partial charge in [-0.2, -0.15) is 8.78 Å². The lowest BCUT2D eigenvalue weighted by molar-refractivity contribution is 0.231. The molecule has 0 saturated carbocycles. The summed E-state index contributed by atoms with van der Waals surface area (Å²) in [5, 5.41) is 9.28. The Bertz CT molecular complexity index is 1270. The molecule has 3 aromatic carbocycles. The van der Waals surface area contributed by atoms with Crippen LogP contribution in [0.3, 0.4) is 0 Å². The van der Waals surface area contributed by atoms with Crippen LogP contribution in [-0.2, 0) is 0 Å². The lowest BCUT2D eigenvalue weighted by Crippen LogP contribution is -2.15. The number of halogens is 5. The minimum atomic E-state index is -1.28. The highest BCUT2D eigenvalue weighted by Gasteiger charge is 2.22. The molecule has 0 fully saturated rings. The largest absolute Gasteiger partial charge is 0.505 e. The highest BCUT2D eigenvalue weighted by Crippen LogP contribution is 2.35. The number of phenolic OH excluding ortho intramolecular Hbond substituents is 1. The zero-order valence-corrected chi connectivity index (χ0v) is 18.9. The van der Waals surface area contributed by atoms with Gasteiger partial charge in [-0.25, -0.2) is 13.2 Å². The van der Waals surface area contributed by atoms with Crippen molar-refractivity contribution in [2.75, 3.05) is 13.2 Å². The predicted octanol–water partition coefficient (Wildman–Crippen LogP) is 7.42. The van der Waals surface area contributed by atoms with Crippen LogP contribution in [0.5, 0.6) is 17.2 Å². The van der Waals surface area contributed by atoms with Crippen LogP contribution < -0.4 is 9.47 Å². The Morgan fingerprint density at radius 1 is 0.829 bits per heavy atom. The summed E-state index contributed by atoms with van der Waals surface area (Å²) in [4.78, 5) is 0. The van der Waals surface area contributed by atoms with E-state index in [9.17, 15) is 27.1 Å². The smallest absolute Gasteiger partial charge is 0.201 e. The summed E-state index contributed by atoms with van der Waals surface area (Å²) in [5.41, 5.74) is 0.805. The molecule has 1 unspecified atom stereocenters. The minimum absolute atomic E-state index is 0.0259. The molecule has 0 aromatic heterocycles. The van der Waals surface area contributed by atoms with E-state index in [-0.39, 0.29) is 47.3 Å². The van der Waals surface area contributed by atoms with E-state index >= 15 is 0 Å². The highest BCUT2D eigenvalue weighted by atomic mass is 19.2. The van der Waals surface area contributed by atoms with Gasteiger partial charge in [0.15, 0.2) is 34.7 Å². The molecule has 0 aliphatic heterocycles. The minimum Gasteiger partial charge on any atom is -0.505 e. The van der Waals surface area contributed by atoms with Crippen molar-refractivity contribution in [3.05, 3.63) is 83.2 Å². The van der Waals surface area contributed by atoms with Crippen molar-refractivity contribution < 1.29 is 36.5 Å². The Labute approximate surface area is 199 Å². The third-order valence-corrected chi connectivity index (χ3v) is 5.99. The van der Waals surface area contributed by atoms with Crippen LogP contribution in [0.25, 0.3) is 16.7 Å². The molecule has 3 nitrogen and oxygen atoms in total. The molecule has 4 rings (SSSR count). The number of benzene rings is 3. The molecular formula is C27H23F5O3. The van der Waals surface area contributed by atoms with E-state index in [1.807, 2.05) is 0 Å². The van der Waals surface area contributed by atoms with Crippen LogP contribution in [0.2, 0.25) is 0 Å². The van der Waals surface area contributed by atoms with E-state index in [2.05, 4.69) is 0 Å². The van der Waals surface area contributed by atoms with Gasteiger partial charge in [0.1, 0.15) is 0 Å². The maximum Gasteiger partial charge on any atom is 0.201 e. The molecule has 0 amide bonds. The van der Waals surface area contributed by atoms with E-state index in [0.717, 1.165) is 12.1 Å². The number of allylic oxidation sites excluding steroid dienone is 2. The number of hydrogen-bond donors (Lipinski definition) is 1. The Hall–Kier alpha value is -3.55. The molecule has 0 heterocycles. The number of hydrogen-bond acceptors (Lipinski definition) is 3. The van der Waals surface area contributed by atoms with Crippen molar-refractivity contribution in [1.29, 1.82) is 0 Å². The van der Waals surface area contributed by atoms with Gasteiger partial charge in [-0.15, -0.1) is 0 Å². The lowest BCUT2D eigenvalue weighted by atomic mass is 9.87. The summed E-state index contributed by atoms with van der Waals surface area (Å²) in [6.45, 7) is 2.03. The second-order valence-corrected chi connectivity index (χ2v) is 8.26. The number of phenols is 1. The monoisotopic (exact) mass is 490 g/mol. The molecule has 35 heavy (non-hydrogen) atoms. The van der Waals surface area contributed by atoms with Gasteiger partial charge in [0.05, 0.1) is 13.2 Å². The van der Waals surface area contributed by atoms with Crippen LogP contribution >= 0.6 is 0 Å². The number of ether oxygens (including phenoxy) is 2. The summed E-state index contributed by atoms with van der Waals surface area (Å²) < 4.78 is 81.7. The molecule has 184 valence electrons. The number of aromatic hydroxyl groups is 1. The standard InChI is InChI=1S/C27H23F5O3/c1-2-34-23-12-9-19(25(30)27(23)32)17-7-11-22(20(28)13-17)35-14-15-3-5-16(6-4-15)18-8-10-21(33)26(31)24(18)29/h5,7-13,15,33H,2-4,6,14H2,1H3. The summed E-state index contributed by atoms with van der Waals surface area (Å²) in [6, 6.07) is 8.95. The van der Waals surface area contributed by atoms with Gasteiger partial charge in [-0.3, -0.25) is 0 Å². The van der Waals surface area contributed by atoms with Crippen molar-refractivity contribution in [3.63, 3.8) is 0 Å².